The maximum absolute atomic E-state index is 12.1. The van der Waals surface area contributed by atoms with E-state index in [1.54, 1.807) is 0 Å². The summed E-state index contributed by atoms with van der Waals surface area (Å²) >= 11 is 0. The predicted molar refractivity (Wildman–Crippen MR) is 81.6 cm³/mol. The van der Waals surface area contributed by atoms with Gasteiger partial charge in [0, 0.05) is 12.6 Å². The van der Waals surface area contributed by atoms with Crippen molar-refractivity contribution < 1.29 is 4.79 Å². The first-order chi connectivity index (χ1) is 8.79. The maximum Gasteiger partial charge on any atom is 0.224 e. The number of halogens is 1. The van der Waals surface area contributed by atoms with Crippen LogP contribution in [0.25, 0.3) is 0 Å². The minimum atomic E-state index is 0. The Morgan fingerprint density at radius 3 is 2.53 bits per heavy atom. The van der Waals surface area contributed by atoms with E-state index in [9.17, 15) is 4.79 Å². The highest BCUT2D eigenvalue weighted by Gasteiger charge is 2.26. The fourth-order valence-corrected chi connectivity index (χ4v) is 3.40. The van der Waals surface area contributed by atoms with E-state index >= 15 is 0 Å². The van der Waals surface area contributed by atoms with Crippen LogP contribution in [0.2, 0.25) is 0 Å². The summed E-state index contributed by atoms with van der Waals surface area (Å²) in [6, 6.07) is 0.451. The summed E-state index contributed by atoms with van der Waals surface area (Å²) in [6.07, 6.45) is 9.87. The molecule has 1 saturated heterocycles. The Bertz CT molecular complexity index is 259. The summed E-state index contributed by atoms with van der Waals surface area (Å²) in [5.41, 5.74) is 0. The second-order valence-electron chi connectivity index (χ2n) is 6.06. The summed E-state index contributed by atoms with van der Waals surface area (Å²) < 4.78 is 0. The molecule has 1 saturated carbocycles. The number of nitrogens with one attached hydrogen (secondary N) is 2. The molecule has 0 unspecified atom stereocenters. The van der Waals surface area contributed by atoms with E-state index in [0.29, 0.717) is 11.9 Å². The molecule has 2 N–H and O–H groups in total. The van der Waals surface area contributed by atoms with Gasteiger partial charge in [-0.05, 0) is 51.0 Å². The van der Waals surface area contributed by atoms with Crippen molar-refractivity contribution in [3.63, 3.8) is 0 Å². The lowest BCUT2D eigenvalue weighted by molar-refractivity contribution is -0.126. The van der Waals surface area contributed by atoms with Crippen LogP contribution in [-0.2, 0) is 4.79 Å². The highest BCUT2D eigenvalue weighted by atomic mass is 35.5. The first-order valence-corrected chi connectivity index (χ1v) is 7.80. The first kappa shape index (κ1) is 16.8. The van der Waals surface area contributed by atoms with Gasteiger partial charge in [-0.3, -0.25) is 4.79 Å². The highest BCUT2D eigenvalue weighted by molar-refractivity contribution is 5.85. The molecular weight excluding hydrogens is 260 g/mol. The Morgan fingerprint density at radius 1 is 1.21 bits per heavy atom. The van der Waals surface area contributed by atoms with Gasteiger partial charge in [0.2, 0.25) is 5.91 Å². The smallest absolute Gasteiger partial charge is 0.224 e. The van der Waals surface area contributed by atoms with Crippen molar-refractivity contribution in [2.75, 3.05) is 13.1 Å². The highest BCUT2D eigenvalue weighted by Crippen LogP contribution is 2.28. The maximum atomic E-state index is 12.1. The van der Waals surface area contributed by atoms with Gasteiger partial charge >= 0.3 is 0 Å². The zero-order valence-electron chi connectivity index (χ0n) is 12.1. The molecular formula is C15H29ClN2O. The Kier molecular flexibility index (Phi) is 7.77. The average Bonchev–Trinajstić information content (AvgIpc) is 2.42. The minimum absolute atomic E-state index is 0. The van der Waals surface area contributed by atoms with Crippen LogP contribution in [-0.4, -0.2) is 25.0 Å². The van der Waals surface area contributed by atoms with E-state index in [4.69, 9.17) is 0 Å². The van der Waals surface area contributed by atoms with Gasteiger partial charge in [0.05, 0.1) is 5.92 Å². The molecule has 2 rings (SSSR count). The SMILES string of the molecule is CCCC1CCC(NC(=O)[C@@H]2CCCNC2)CC1.Cl. The van der Waals surface area contributed by atoms with Gasteiger partial charge in [0.25, 0.3) is 0 Å². The van der Waals surface area contributed by atoms with E-state index < -0.39 is 0 Å². The van der Waals surface area contributed by atoms with Crippen LogP contribution in [0, 0.1) is 11.8 Å². The van der Waals surface area contributed by atoms with Gasteiger partial charge in [0.15, 0.2) is 0 Å². The van der Waals surface area contributed by atoms with Gasteiger partial charge in [-0.15, -0.1) is 12.4 Å². The number of hydrogen-bond donors (Lipinski definition) is 2. The Morgan fingerprint density at radius 2 is 1.95 bits per heavy atom. The summed E-state index contributed by atoms with van der Waals surface area (Å²) in [5.74, 6) is 1.42. The number of hydrogen-bond acceptors (Lipinski definition) is 2. The molecule has 1 aliphatic carbocycles. The molecule has 4 heteroatoms. The van der Waals surface area contributed by atoms with Gasteiger partial charge < -0.3 is 10.6 Å². The zero-order chi connectivity index (χ0) is 12.8. The topological polar surface area (TPSA) is 41.1 Å². The summed E-state index contributed by atoms with van der Waals surface area (Å²) in [4.78, 5) is 12.1. The third kappa shape index (κ3) is 5.31. The van der Waals surface area contributed by atoms with Crippen LogP contribution in [0.15, 0.2) is 0 Å². The van der Waals surface area contributed by atoms with Crippen LogP contribution >= 0.6 is 12.4 Å². The van der Waals surface area contributed by atoms with E-state index in [1.165, 1.54) is 38.5 Å². The van der Waals surface area contributed by atoms with Crippen molar-refractivity contribution in [3.8, 4) is 0 Å². The first-order valence-electron chi connectivity index (χ1n) is 7.80. The molecule has 0 spiro atoms. The normalized spacial score (nSPS) is 31.3. The van der Waals surface area contributed by atoms with Crippen molar-refractivity contribution in [3.05, 3.63) is 0 Å². The summed E-state index contributed by atoms with van der Waals surface area (Å²) in [5, 5.41) is 6.59. The molecule has 3 nitrogen and oxygen atoms in total. The van der Waals surface area contributed by atoms with Crippen LogP contribution < -0.4 is 10.6 Å². The minimum Gasteiger partial charge on any atom is -0.353 e. The van der Waals surface area contributed by atoms with E-state index in [1.807, 2.05) is 0 Å². The van der Waals surface area contributed by atoms with Crippen LogP contribution in [0.3, 0.4) is 0 Å². The lowest BCUT2D eigenvalue weighted by Gasteiger charge is -2.31. The molecule has 2 aliphatic rings. The van der Waals surface area contributed by atoms with Crippen molar-refractivity contribution in [2.45, 2.75) is 64.3 Å². The van der Waals surface area contributed by atoms with E-state index in [2.05, 4.69) is 17.6 Å². The van der Waals surface area contributed by atoms with Crippen LogP contribution in [0.4, 0.5) is 0 Å². The molecule has 1 heterocycles. The molecule has 0 bridgehead atoms. The molecule has 1 amide bonds. The van der Waals surface area contributed by atoms with Crippen LogP contribution in [0.5, 0.6) is 0 Å². The quantitative estimate of drug-likeness (QED) is 0.835. The number of rotatable bonds is 4. The molecule has 0 aromatic rings. The third-order valence-electron chi connectivity index (χ3n) is 4.56. The molecule has 1 aliphatic heterocycles. The molecule has 1 atom stereocenters. The second kappa shape index (κ2) is 8.80. The van der Waals surface area contributed by atoms with Crippen LogP contribution in [0.1, 0.15) is 58.3 Å². The molecule has 2 fully saturated rings. The molecule has 112 valence electrons. The van der Waals surface area contributed by atoms with Crippen molar-refractivity contribution >= 4 is 18.3 Å². The predicted octanol–water partition coefficient (Wildman–Crippen LogP) is 2.88. The second-order valence-corrected chi connectivity index (χ2v) is 6.06. The van der Waals surface area contributed by atoms with Crippen molar-refractivity contribution in [1.29, 1.82) is 0 Å². The van der Waals surface area contributed by atoms with Gasteiger partial charge in [-0.1, -0.05) is 19.8 Å². The summed E-state index contributed by atoms with van der Waals surface area (Å²) in [6.45, 7) is 4.22. The number of amides is 1. The van der Waals surface area contributed by atoms with Gasteiger partial charge in [-0.25, -0.2) is 0 Å². The molecule has 19 heavy (non-hydrogen) atoms. The zero-order valence-corrected chi connectivity index (χ0v) is 12.9. The fourth-order valence-electron chi connectivity index (χ4n) is 3.40. The standard InChI is InChI=1S/C15H28N2O.ClH/c1-2-4-12-6-8-14(9-7-12)17-15(18)13-5-3-10-16-11-13;/h12-14,16H,2-11H2,1H3,(H,17,18);1H/t12?,13-,14?;/m1./s1. The van der Waals surface area contributed by atoms with Crippen molar-refractivity contribution in [1.82, 2.24) is 10.6 Å². The van der Waals surface area contributed by atoms with Gasteiger partial charge in [0.1, 0.15) is 0 Å². The molecule has 0 aromatic heterocycles. The Balaban J connectivity index is 0.00000180. The number of carbonyl (C=O) groups is 1. The Labute approximate surface area is 123 Å². The molecule has 0 radical (unpaired) electrons. The lowest BCUT2D eigenvalue weighted by atomic mass is 9.83. The van der Waals surface area contributed by atoms with E-state index in [0.717, 1.165) is 31.8 Å². The summed E-state index contributed by atoms with van der Waals surface area (Å²) in [7, 11) is 0. The number of piperidine rings is 1. The number of carbonyl (C=O) groups excluding carboxylic acids is 1. The van der Waals surface area contributed by atoms with E-state index in [-0.39, 0.29) is 18.3 Å². The Hall–Kier alpha value is -0.280. The van der Waals surface area contributed by atoms with Crippen molar-refractivity contribution in [2.24, 2.45) is 11.8 Å². The largest absolute Gasteiger partial charge is 0.353 e. The fraction of sp³-hybridized carbons (Fsp3) is 0.933. The third-order valence-corrected chi connectivity index (χ3v) is 4.56. The average molecular weight is 289 g/mol. The lowest BCUT2D eigenvalue weighted by Crippen LogP contribution is -2.45. The van der Waals surface area contributed by atoms with Gasteiger partial charge in [-0.2, -0.15) is 0 Å². The molecule has 0 aromatic carbocycles. The monoisotopic (exact) mass is 288 g/mol.